The van der Waals surface area contributed by atoms with Gasteiger partial charge in [-0.25, -0.2) is 0 Å². The summed E-state index contributed by atoms with van der Waals surface area (Å²) < 4.78 is 27.1. The molecule has 0 atom stereocenters. The maximum atomic E-state index is 12.0. The highest BCUT2D eigenvalue weighted by atomic mass is 35.5. The number of benzene rings is 1. The summed E-state index contributed by atoms with van der Waals surface area (Å²) >= 11 is 5.96. The van der Waals surface area contributed by atoms with Crippen molar-refractivity contribution >= 4 is 33.7 Å². The number of nitrogens with zero attached hydrogens (tertiary/aromatic N) is 2. The first-order chi connectivity index (χ1) is 8.50. The van der Waals surface area contributed by atoms with Crippen molar-refractivity contribution in [1.82, 2.24) is 9.95 Å². The zero-order valence-electron chi connectivity index (χ0n) is 9.46. The number of hydrazone groups is 1. The van der Waals surface area contributed by atoms with Gasteiger partial charge < -0.3 is 0 Å². The number of anilines is 1. The van der Waals surface area contributed by atoms with Gasteiger partial charge in [-0.2, -0.15) is 8.42 Å². The largest absolute Gasteiger partial charge is 0.357 e. The van der Waals surface area contributed by atoms with Crippen LogP contribution in [0.3, 0.4) is 0 Å². The fourth-order valence-electron chi connectivity index (χ4n) is 1.35. The van der Waals surface area contributed by atoms with Crippen LogP contribution in [0.25, 0.3) is 0 Å². The third kappa shape index (κ3) is 2.57. The summed E-state index contributed by atoms with van der Waals surface area (Å²) in [6, 6.07) is 5.12. The van der Waals surface area contributed by atoms with Crippen molar-refractivity contribution in [2.24, 2.45) is 5.10 Å². The summed E-state index contributed by atoms with van der Waals surface area (Å²) in [6.45, 7) is 1.76. The third-order valence-electron chi connectivity index (χ3n) is 2.22. The Bertz CT molecular complexity index is 592. The topological polar surface area (TPSA) is 73.8 Å². The molecule has 0 aliphatic carbocycles. The number of allylic oxidation sites excluding steroid dienone is 1. The summed E-state index contributed by atoms with van der Waals surface area (Å²) in [5.74, 6) is 0. The number of hydrogen-bond donors (Lipinski definition) is 2. The van der Waals surface area contributed by atoms with Crippen molar-refractivity contribution in [3.8, 4) is 0 Å². The van der Waals surface area contributed by atoms with Gasteiger partial charge >= 0.3 is 10.2 Å². The Balaban J connectivity index is 2.28. The van der Waals surface area contributed by atoms with Gasteiger partial charge in [0, 0.05) is 6.20 Å². The van der Waals surface area contributed by atoms with E-state index in [9.17, 15) is 8.42 Å². The lowest BCUT2D eigenvalue weighted by molar-refractivity contribution is 0.380. The summed E-state index contributed by atoms with van der Waals surface area (Å²) in [4.78, 5) is 0. The van der Waals surface area contributed by atoms with Gasteiger partial charge in [0.2, 0.25) is 0 Å². The second-order valence-electron chi connectivity index (χ2n) is 3.53. The van der Waals surface area contributed by atoms with Gasteiger partial charge in [-0.3, -0.25) is 10.1 Å². The number of halogens is 1. The maximum Gasteiger partial charge on any atom is 0.357 e. The summed E-state index contributed by atoms with van der Waals surface area (Å²) in [6.07, 6.45) is 4.38. The maximum absolute atomic E-state index is 12.0. The minimum absolute atomic E-state index is 0.329. The lowest BCUT2D eigenvalue weighted by Crippen LogP contribution is -2.40. The highest BCUT2D eigenvalue weighted by Gasteiger charge is 2.22. The van der Waals surface area contributed by atoms with E-state index < -0.39 is 10.2 Å². The zero-order chi connectivity index (χ0) is 13.2. The van der Waals surface area contributed by atoms with Gasteiger partial charge in [0.25, 0.3) is 0 Å². The molecule has 1 aromatic carbocycles. The first kappa shape index (κ1) is 12.7. The van der Waals surface area contributed by atoms with Crippen LogP contribution in [0.4, 0.5) is 5.69 Å². The Morgan fingerprint density at radius 1 is 1.44 bits per heavy atom. The van der Waals surface area contributed by atoms with Crippen LogP contribution in [0.15, 0.2) is 35.6 Å². The Hall–Kier alpha value is -1.73. The second-order valence-corrected chi connectivity index (χ2v) is 5.44. The molecule has 6 nitrogen and oxygen atoms in total. The Morgan fingerprint density at radius 2 is 2.22 bits per heavy atom. The molecule has 1 aromatic rings. The van der Waals surface area contributed by atoms with Gasteiger partial charge in [0.1, 0.15) is 0 Å². The van der Waals surface area contributed by atoms with Crippen molar-refractivity contribution in [2.75, 3.05) is 4.72 Å². The van der Waals surface area contributed by atoms with E-state index in [1.807, 2.05) is 0 Å². The molecule has 0 unspecified atom stereocenters. The smallest absolute Gasteiger partial charge is 0.274 e. The molecule has 0 saturated carbocycles. The number of hydrazine groups is 1. The van der Waals surface area contributed by atoms with E-state index in [2.05, 4.69) is 15.2 Å². The molecule has 1 aliphatic rings. The van der Waals surface area contributed by atoms with Crippen LogP contribution < -0.4 is 10.1 Å². The standard InChI is InChI=1S/C10H11ClN4O2S/c1-8-4-2-5-9(11)10(8)14-18(16,17)15-12-6-3-7-13-15/h2-7,12,14H,1H3. The van der Waals surface area contributed by atoms with E-state index in [4.69, 9.17) is 11.6 Å². The minimum Gasteiger partial charge on any atom is -0.274 e. The van der Waals surface area contributed by atoms with Crippen LogP contribution in [-0.2, 0) is 10.2 Å². The third-order valence-corrected chi connectivity index (χ3v) is 3.65. The molecule has 2 rings (SSSR count). The fraction of sp³-hybridized carbons (Fsp3) is 0.100. The first-order valence-electron chi connectivity index (χ1n) is 5.04. The number of para-hydroxylation sites is 1. The quantitative estimate of drug-likeness (QED) is 0.887. The molecule has 18 heavy (non-hydrogen) atoms. The van der Waals surface area contributed by atoms with Crippen molar-refractivity contribution in [2.45, 2.75) is 6.92 Å². The van der Waals surface area contributed by atoms with Gasteiger partial charge in [0.05, 0.1) is 16.9 Å². The molecule has 0 aromatic heterocycles. The second kappa shape index (κ2) is 4.87. The Morgan fingerprint density at radius 3 is 2.83 bits per heavy atom. The van der Waals surface area contributed by atoms with Crippen LogP contribution in [0.1, 0.15) is 5.56 Å². The average molecular weight is 287 g/mol. The highest BCUT2D eigenvalue weighted by Crippen LogP contribution is 2.26. The van der Waals surface area contributed by atoms with E-state index in [1.54, 1.807) is 31.2 Å². The Labute approximate surface area is 110 Å². The molecule has 0 bridgehead atoms. The lowest BCUT2D eigenvalue weighted by atomic mass is 10.2. The van der Waals surface area contributed by atoms with Gasteiger partial charge in [-0.05, 0) is 24.6 Å². The minimum atomic E-state index is -3.84. The summed E-state index contributed by atoms with van der Waals surface area (Å²) in [5.41, 5.74) is 3.54. The predicted molar refractivity (Wildman–Crippen MR) is 71.3 cm³/mol. The van der Waals surface area contributed by atoms with Crippen LogP contribution in [-0.4, -0.2) is 19.2 Å². The van der Waals surface area contributed by atoms with Crippen molar-refractivity contribution in [1.29, 1.82) is 0 Å². The monoisotopic (exact) mass is 286 g/mol. The number of aryl methyl sites for hydroxylation is 1. The molecule has 1 aliphatic heterocycles. The molecule has 96 valence electrons. The van der Waals surface area contributed by atoms with Gasteiger partial charge in [-0.15, -0.1) is 5.10 Å². The molecule has 2 N–H and O–H groups in total. The number of hydrogen-bond acceptors (Lipinski definition) is 4. The van der Waals surface area contributed by atoms with E-state index in [-0.39, 0.29) is 0 Å². The summed E-state index contributed by atoms with van der Waals surface area (Å²) in [5, 5.41) is 4.00. The first-order valence-corrected chi connectivity index (χ1v) is 6.86. The van der Waals surface area contributed by atoms with Crippen LogP contribution in [0.5, 0.6) is 0 Å². The van der Waals surface area contributed by atoms with Crippen molar-refractivity contribution in [3.63, 3.8) is 0 Å². The van der Waals surface area contributed by atoms with Gasteiger partial charge in [-0.1, -0.05) is 28.3 Å². The van der Waals surface area contributed by atoms with Crippen molar-refractivity contribution < 1.29 is 8.42 Å². The van der Waals surface area contributed by atoms with Gasteiger partial charge in [0.15, 0.2) is 0 Å². The molecule has 0 radical (unpaired) electrons. The Kier molecular flexibility index (Phi) is 3.44. The molecular weight excluding hydrogens is 276 g/mol. The normalized spacial score (nSPS) is 14.4. The average Bonchev–Trinajstić information content (AvgIpc) is 2.35. The van der Waals surface area contributed by atoms with Crippen molar-refractivity contribution in [3.05, 3.63) is 41.1 Å². The summed E-state index contributed by atoms with van der Waals surface area (Å²) in [7, 11) is -3.84. The van der Waals surface area contributed by atoms with E-state index in [0.717, 1.165) is 10.1 Å². The van der Waals surface area contributed by atoms with Crippen LogP contribution >= 0.6 is 11.6 Å². The van der Waals surface area contributed by atoms with Crippen LogP contribution in [0.2, 0.25) is 5.02 Å². The fourth-order valence-corrected chi connectivity index (χ4v) is 2.67. The molecule has 0 fully saturated rings. The zero-order valence-corrected chi connectivity index (χ0v) is 11.0. The van der Waals surface area contributed by atoms with E-state index in [1.165, 1.54) is 12.4 Å². The molecule has 0 amide bonds. The predicted octanol–water partition coefficient (Wildman–Crippen LogP) is 1.62. The SMILES string of the molecule is Cc1cccc(Cl)c1NS(=O)(=O)N1N=CC=CN1. The highest BCUT2D eigenvalue weighted by molar-refractivity contribution is 7.90. The number of nitrogens with one attached hydrogen (secondary N) is 2. The lowest BCUT2D eigenvalue weighted by Gasteiger charge is -2.21. The number of rotatable bonds is 3. The molecule has 1 heterocycles. The van der Waals surface area contributed by atoms with Crippen LogP contribution in [0, 0.1) is 6.92 Å². The van der Waals surface area contributed by atoms with E-state index >= 15 is 0 Å². The molecule has 0 saturated heterocycles. The molecular formula is C10H11ClN4O2S. The van der Waals surface area contributed by atoms with E-state index in [0.29, 0.717) is 10.7 Å². The molecule has 8 heteroatoms. The molecule has 0 spiro atoms.